The fourth-order valence-corrected chi connectivity index (χ4v) is 1.76. The van der Waals surface area contributed by atoms with Crippen molar-refractivity contribution >= 4 is 0 Å². The minimum absolute atomic E-state index is 1.17. The zero-order valence-corrected chi connectivity index (χ0v) is 7.29. The van der Waals surface area contributed by atoms with E-state index in [1.807, 2.05) is 0 Å². The Morgan fingerprint density at radius 2 is 1.92 bits per heavy atom. The maximum atomic E-state index is 2.40. The van der Waals surface area contributed by atoms with Gasteiger partial charge in [-0.2, -0.15) is 0 Å². The largest absolute Gasteiger partial charge is 0.0850 e. The van der Waals surface area contributed by atoms with Crippen LogP contribution < -0.4 is 0 Å². The fraction of sp³-hybridized carbons (Fsp3) is 0.333. The predicted octanol–water partition coefficient (Wildman–Crippen LogP) is 3.34. The van der Waals surface area contributed by atoms with Crippen molar-refractivity contribution in [3.63, 3.8) is 0 Å². The van der Waals surface area contributed by atoms with Crippen LogP contribution >= 0.6 is 0 Å². The molecule has 0 nitrogen and oxygen atoms in total. The summed E-state index contributed by atoms with van der Waals surface area (Å²) in [6.07, 6.45) is 7.53. The van der Waals surface area contributed by atoms with Crippen molar-refractivity contribution in [1.82, 2.24) is 0 Å². The van der Waals surface area contributed by atoms with E-state index in [2.05, 4.69) is 36.4 Å². The summed E-state index contributed by atoms with van der Waals surface area (Å²) in [5, 5.41) is 0. The normalized spacial score (nSPS) is 16.2. The first-order valence-electron chi connectivity index (χ1n) is 4.67. The van der Waals surface area contributed by atoms with Gasteiger partial charge in [-0.05, 0) is 31.2 Å². The minimum Gasteiger partial charge on any atom is -0.0850 e. The van der Waals surface area contributed by atoms with Gasteiger partial charge in [0, 0.05) is 0 Å². The monoisotopic (exact) mass is 158 g/mol. The summed E-state index contributed by atoms with van der Waals surface area (Å²) < 4.78 is 0. The fourth-order valence-electron chi connectivity index (χ4n) is 1.76. The lowest BCUT2D eigenvalue weighted by atomic mass is 10.1. The lowest BCUT2D eigenvalue weighted by Gasteiger charge is -2.00. The van der Waals surface area contributed by atoms with Gasteiger partial charge in [0.2, 0.25) is 0 Å². The summed E-state index contributed by atoms with van der Waals surface area (Å²) in [6, 6.07) is 10.7. The van der Waals surface area contributed by atoms with Gasteiger partial charge in [-0.15, -0.1) is 0 Å². The first kappa shape index (κ1) is 7.60. The van der Waals surface area contributed by atoms with Crippen molar-refractivity contribution in [2.75, 3.05) is 0 Å². The highest BCUT2D eigenvalue weighted by molar-refractivity contribution is 5.23. The molecule has 1 aliphatic rings. The van der Waals surface area contributed by atoms with Gasteiger partial charge in [0.15, 0.2) is 0 Å². The molecule has 0 saturated heterocycles. The molecule has 1 aromatic rings. The Kier molecular flexibility index (Phi) is 2.26. The van der Waals surface area contributed by atoms with Crippen LogP contribution in [0, 0.1) is 0 Å². The number of benzene rings is 1. The zero-order valence-electron chi connectivity index (χ0n) is 7.29. The van der Waals surface area contributed by atoms with Gasteiger partial charge >= 0.3 is 0 Å². The van der Waals surface area contributed by atoms with Crippen molar-refractivity contribution in [2.24, 2.45) is 0 Å². The Labute approximate surface area is 73.9 Å². The van der Waals surface area contributed by atoms with E-state index in [-0.39, 0.29) is 0 Å². The summed E-state index contributed by atoms with van der Waals surface area (Å²) in [6.45, 7) is 0. The van der Waals surface area contributed by atoms with Gasteiger partial charge in [-0.25, -0.2) is 0 Å². The van der Waals surface area contributed by atoms with E-state index in [0.717, 1.165) is 0 Å². The summed E-state index contributed by atoms with van der Waals surface area (Å²) >= 11 is 0. The predicted molar refractivity (Wildman–Crippen MR) is 52.1 cm³/mol. The Balaban J connectivity index is 2.04. The smallest absolute Gasteiger partial charge is 0.00671 e. The minimum atomic E-state index is 1.17. The molecule has 62 valence electrons. The first-order chi connectivity index (χ1) is 5.95. The van der Waals surface area contributed by atoms with Gasteiger partial charge in [-0.3, -0.25) is 0 Å². The molecule has 0 atom stereocenters. The third kappa shape index (κ3) is 1.76. The van der Waals surface area contributed by atoms with E-state index in [0.29, 0.717) is 0 Å². The van der Waals surface area contributed by atoms with Crippen molar-refractivity contribution in [3.8, 4) is 0 Å². The first-order valence-corrected chi connectivity index (χ1v) is 4.67. The van der Waals surface area contributed by atoms with Crippen LogP contribution in [-0.4, -0.2) is 0 Å². The second kappa shape index (κ2) is 3.57. The van der Waals surface area contributed by atoms with Crippen LogP contribution in [0.5, 0.6) is 0 Å². The van der Waals surface area contributed by atoms with Crippen LogP contribution in [0.2, 0.25) is 0 Å². The number of hydrogen-bond donors (Lipinski definition) is 0. The molecule has 0 radical (unpaired) electrons. The molecule has 2 rings (SSSR count). The van der Waals surface area contributed by atoms with Gasteiger partial charge in [-0.1, -0.05) is 42.0 Å². The average Bonchev–Trinajstić information content (AvgIpc) is 2.59. The Morgan fingerprint density at radius 1 is 1.08 bits per heavy atom. The summed E-state index contributed by atoms with van der Waals surface area (Å²) in [5.41, 5.74) is 3.08. The molecule has 0 amide bonds. The number of allylic oxidation sites excluding steroid dienone is 2. The van der Waals surface area contributed by atoms with Crippen molar-refractivity contribution < 1.29 is 0 Å². The molecule has 0 N–H and O–H groups in total. The van der Waals surface area contributed by atoms with E-state index in [1.54, 1.807) is 5.57 Å². The molecule has 0 unspecified atom stereocenters. The maximum Gasteiger partial charge on any atom is -0.00671 e. The molecule has 0 bridgehead atoms. The van der Waals surface area contributed by atoms with Gasteiger partial charge in [0.1, 0.15) is 0 Å². The van der Waals surface area contributed by atoms with Crippen LogP contribution in [0.15, 0.2) is 42.0 Å². The van der Waals surface area contributed by atoms with Gasteiger partial charge < -0.3 is 0 Å². The van der Waals surface area contributed by atoms with Gasteiger partial charge in [0.05, 0.1) is 0 Å². The standard InChI is InChI=1S/C12H14/c1-2-6-11(7-3-1)10-12-8-4-5-9-12/h1-3,6-8H,4-5,9-10H2. The SMILES string of the molecule is C1=C(Cc2ccccc2)CCC1. The number of rotatable bonds is 2. The van der Waals surface area contributed by atoms with E-state index >= 15 is 0 Å². The third-order valence-electron chi connectivity index (χ3n) is 2.41. The molecule has 0 aromatic heterocycles. The van der Waals surface area contributed by atoms with E-state index in [1.165, 1.54) is 31.2 Å². The topological polar surface area (TPSA) is 0 Å². The van der Waals surface area contributed by atoms with Crippen LogP contribution in [0.25, 0.3) is 0 Å². The molecule has 1 aliphatic carbocycles. The van der Waals surface area contributed by atoms with Crippen molar-refractivity contribution in [3.05, 3.63) is 47.5 Å². The molecule has 12 heavy (non-hydrogen) atoms. The maximum absolute atomic E-state index is 2.40. The molecular weight excluding hydrogens is 144 g/mol. The highest BCUT2D eigenvalue weighted by Gasteiger charge is 2.04. The molecular formula is C12H14. The molecule has 0 saturated carbocycles. The second-order valence-corrected chi connectivity index (χ2v) is 3.42. The highest BCUT2D eigenvalue weighted by atomic mass is 14.1. The summed E-state index contributed by atoms with van der Waals surface area (Å²) in [5.74, 6) is 0. The lowest BCUT2D eigenvalue weighted by molar-refractivity contribution is 0.887. The van der Waals surface area contributed by atoms with Crippen molar-refractivity contribution in [1.29, 1.82) is 0 Å². The molecule has 0 heteroatoms. The van der Waals surface area contributed by atoms with Crippen LogP contribution in [0.3, 0.4) is 0 Å². The lowest BCUT2D eigenvalue weighted by Crippen LogP contribution is -1.86. The Hall–Kier alpha value is -1.04. The van der Waals surface area contributed by atoms with E-state index in [4.69, 9.17) is 0 Å². The summed E-state index contributed by atoms with van der Waals surface area (Å²) in [4.78, 5) is 0. The Bertz CT molecular complexity index is 269. The molecule has 0 heterocycles. The molecule has 0 fully saturated rings. The number of hydrogen-bond acceptors (Lipinski definition) is 0. The molecule has 0 spiro atoms. The highest BCUT2D eigenvalue weighted by Crippen LogP contribution is 2.21. The molecule has 0 aliphatic heterocycles. The summed E-state index contributed by atoms with van der Waals surface area (Å²) in [7, 11) is 0. The molecule has 1 aromatic carbocycles. The van der Waals surface area contributed by atoms with Crippen molar-refractivity contribution in [2.45, 2.75) is 25.7 Å². The van der Waals surface area contributed by atoms with E-state index < -0.39 is 0 Å². The van der Waals surface area contributed by atoms with Gasteiger partial charge in [0.25, 0.3) is 0 Å². The average molecular weight is 158 g/mol. The second-order valence-electron chi connectivity index (χ2n) is 3.42. The Morgan fingerprint density at radius 3 is 2.58 bits per heavy atom. The van der Waals surface area contributed by atoms with Crippen LogP contribution in [-0.2, 0) is 6.42 Å². The quantitative estimate of drug-likeness (QED) is 0.579. The van der Waals surface area contributed by atoms with Crippen LogP contribution in [0.1, 0.15) is 24.8 Å². The zero-order chi connectivity index (χ0) is 8.23. The van der Waals surface area contributed by atoms with E-state index in [9.17, 15) is 0 Å². The van der Waals surface area contributed by atoms with Crippen LogP contribution in [0.4, 0.5) is 0 Å². The third-order valence-corrected chi connectivity index (χ3v) is 2.41.